The Morgan fingerprint density at radius 1 is 1.18 bits per heavy atom. The van der Waals surface area contributed by atoms with Gasteiger partial charge in [-0.1, -0.05) is 13.3 Å². The molecule has 2 unspecified atom stereocenters. The van der Waals surface area contributed by atoms with Gasteiger partial charge in [0, 0.05) is 43.7 Å². The molecule has 3 fully saturated rings. The van der Waals surface area contributed by atoms with Crippen LogP contribution < -0.4 is 10.6 Å². The Bertz CT molecular complexity index is 640. The molecule has 2 aliphatic carbocycles. The van der Waals surface area contributed by atoms with Crippen LogP contribution in [0.15, 0.2) is 4.99 Å². The largest absolute Gasteiger partial charge is 0.378 e. The zero-order chi connectivity index (χ0) is 20.2. The summed E-state index contributed by atoms with van der Waals surface area (Å²) >= 11 is 0. The number of hydrogen-bond acceptors (Lipinski definition) is 4. The molecule has 1 spiro atoms. The maximum atomic E-state index is 12.3. The molecule has 8 heteroatoms. The first kappa shape index (κ1) is 21.8. The van der Waals surface area contributed by atoms with E-state index in [-0.39, 0.29) is 11.8 Å². The molecule has 0 aromatic carbocycles. The normalized spacial score (nSPS) is 28.6. The summed E-state index contributed by atoms with van der Waals surface area (Å²) < 4.78 is 32.1. The molecular weight excluding hydrogens is 376 g/mol. The Morgan fingerprint density at radius 3 is 2.43 bits per heavy atom. The first-order valence-electron chi connectivity index (χ1n) is 11.1. The van der Waals surface area contributed by atoms with Gasteiger partial charge in [0.15, 0.2) is 5.96 Å². The van der Waals surface area contributed by atoms with Gasteiger partial charge in [0.05, 0.1) is 11.9 Å². The number of aliphatic imine (C=N–C) groups is 1. The van der Waals surface area contributed by atoms with Crippen LogP contribution >= 0.6 is 0 Å². The third-order valence-electron chi connectivity index (χ3n) is 6.71. The van der Waals surface area contributed by atoms with E-state index in [1.54, 1.807) is 4.31 Å². The molecule has 2 N–H and O–H groups in total. The second-order valence-electron chi connectivity index (χ2n) is 8.42. The molecule has 1 aliphatic heterocycles. The van der Waals surface area contributed by atoms with Gasteiger partial charge >= 0.3 is 0 Å². The minimum Gasteiger partial charge on any atom is -0.378 e. The second-order valence-corrected chi connectivity index (χ2v) is 10.5. The van der Waals surface area contributed by atoms with E-state index in [1.165, 1.54) is 19.3 Å². The van der Waals surface area contributed by atoms with Gasteiger partial charge in [-0.05, 0) is 52.4 Å². The van der Waals surface area contributed by atoms with Crippen LogP contribution in [-0.4, -0.2) is 68.9 Å². The van der Waals surface area contributed by atoms with E-state index in [1.807, 2.05) is 13.8 Å². The third-order valence-corrected chi connectivity index (χ3v) is 8.79. The van der Waals surface area contributed by atoms with E-state index in [0.29, 0.717) is 37.1 Å². The minimum atomic E-state index is -3.09. The van der Waals surface area contributed by atoms with Crippen LogP contribution in [0, 0.1) is 5.41 Å². The third kappa shape index (κ3) is 4.49. The lowest BCUT2D eigenvalue weighted by atomic mass is 9.51. The number of guanidine groups is 1. The lowest BCUT2D eigenvalue weighted by Crippen LogP contribution is -2.69. The molecule has 2 saturated carbocycles. The van der Waals surface area contributed by atoms with Crippen molar-refractivity contribution < 1.29 is 13.2 Å². The standard InChI is InChI=1S/C20H38N4O3S/c1-4-14-28(25,26)24-12-8-16(9-13-24)22-19(21-5-2)23-17-15-18(27-6-3)20(17)10-7-11-20/h16-18H,4-15H2,1-3H3,(H2,21,22,23). The highest BCUT2D eigenvalue weighted by atomic mass is 32.2. The highest BCUT2D eigenvalue weighted by Gasteiger charge is 2.59. The van der Waals surface area contributed by atoms with Gasteiger partial charge < -0.3 is 15.4 Å². The van der Waals surface area contributed by atoms with Gasteiger partial charge in [-0.15, -0.1) is 0 Å². The molecule has 3 rings (SSSR count). The van der Waals surface area contributed by atoms with Crippen molar-refractivity contribution in [2.45, 2.75) is 83.9 Å². The highest BCUT2D eigenvalue weighted by molar-refractivity contribution is 7.89. The average molecular weight is 415 g/mol. The van der Waals surface area contributed by atoms with Crippen LogP contribution in [0.4, 0.5) is 0 Å². The quantitative estimate of drug-likeness (QED) is 0.469. The van der Waals surface area contributed by atoms with Crippen molar-refractivity contribution in [2.24, 2.45) is 10.4 Å². The van der Waals surface area contributed by atoms with Gasteiger partial charge in [0.1, 0.15) is 0 Å². The van der Waals surface area contributed by atoms with Gasteiger partial charge in [-0.25, -0.2) is 12.7 Å². The number of nitrogens with one attached hydrogen (secondary N) is 2. The van der Waals surface area contributed by atoms with Crippen LogP contribution in [0.2, 0.25) is 0 Å². The molecule has 1 heterocycles. The zero-order valence-corrected chi connectivity index (χ0v) is 18.6. The van der Waals surface area contributed by atoms with Crippen LogP contribution in [0.1, 0.15) is 65.7 Å². The van der Waals surface area contributed by atoms with Crippen LogP contribution in [0.5, 0.6) is 0 Å². The molecule has 0 aromatic heterocycles. The van der Waals surface area contributed by atoms with Crippen molar-refractivity contribution in [3.05, 3.63) is 0 Å². The van der Waals surface area contributed by atoms with Crippen molar-refractivity contribution in [3.8, 4) is 0 Å². The van der Waals surface area contributed by atoms with E-state index >= 15 is 0 Å². The van der Waals surface area contributed by atoms with Crippen molar-refractivity contribution in [3.63, 3.8) is 0 Å². The monoisotopic (exact) mass is 414 g/mol. The summed E-state index contributed by atoms with van der Waals surface area (Å²) in [5, 5.41) is 7.24. The van der Waals surface area contributed by atoms with Crippen molar-refractivity contribution in [2.75, 3.05) is 32.0 Å². The van der Waals surface area contributed by atoms with E-state index in [4.69, 9.17) is 4.74 Å². The Balaban J connectivity index is 1.52. The van der Waals surface area contributed by atoms with Crippen molar-refractivity contribution >= 4 is 16.0 Å². The molecule has 1 saturated heterocycles. The summed E-state index contributed by atoms with van der Waals surface area (Å²) in [7, 11) is -3.09. The Labute approximate surface area is 170 Å². The fourth-order valence-electron chi connectivity index (χ4n) is 4.96. The molecule has 0 radical (unpaired) electrons. The van der Waals surface area contributed by atoms with Crippen LogP contribution in [0.25, 0.3) is 0 Å². The maximum absolute atomic E-state index is 12.3. The molecule has 0 aromatic rings. The molecule has 3 aliphatic rings. The van der Waals surface area contributed by atoms with Gasteiger partial charge in [0.2, 0.25) is 10.0 Å². The molecular formula is C20H38N4O3S. The zero-order valence-electron chi connectivity index (χ0n) is 17.7. The summed E-state index contributed by atoms with van der Waals surface area (Å²) in [6, 6.07) is 0.701. The fraction of sp³-hybridized carbons (Fsp3) is 0.950. The number of ether oxygens (including phenoxy) is 1. The minimum absolute atomic E-state index is 0.250. The van der Waals surface area contributed by atoms with E-state index in [0.717, 1.165) is 38.4 Å². The molecule has 0 bridgehead atoms. The second kappa shape index (κ2) is 9.30. The van der Waals surface area contributed by atoms with Gasteiger partial charge in [-0.3, -0.25) is 4.99 Å². The predicted octanol–water partition coefficient (Wildman–Crippen LogP) is 2.09. The molecule has 7 nitrogen and oxygen atoms in total. The van der Waals surface area contributed by atoms with Gasteiger partial charge in [0.25, 0.3) is 0 Å². The number of nitrogens with zero attached hydrogens (tertiary/aromatic N) is 2. The number of rotatable bonds is 8. The number of piperidine rings is 1. The first-order valence-corrected chi connectivity index (χ1v) is 12.7. The van der Waals surface area contributed by atoms with E-state index < -0.39 is 10.0 Å². The summed E-state index contributed by atoms with van der Waals surface area (Å²) in [5.41, 5.74) is 0.295. The Kier molecular flexibility index (Phi) is 7.26. The fourth-order valence-corrected chi connectivity index (χ4v) is 6.50. The van der Waals surface area contributed by atoms with Crippen LogP contribution in [0.3, 0.4) is 0 Å². The Morgan fingerprint density at radius 2 is 1.89 bits per heavy atom. The molecule has 162 valence electrons. The number of sulfonamides is 1. The molecule has 28 heavy (non-hydrogen) atoms. The lowest BCUT2D eigenvalue weighted by Gasteiger charge is -2.61. The number of hydrogen-bond donors (Lipinski definition) is 2. The lowest BCUT2D eigenvalue weighted by molar-refractivity contribution is -0.168. The highest BCUT2D eigenvalue weighted by Crippen LogP contribution is 2.57. The van der Waals surface area contributed by atoms with Crippen molar-refractivity contribution in [1.82, 2.24) is 14.9 Å². The first-order chi connectivity index (χ1) is 13.4. The van der Waals surface area contributed by atoms with E-state index in [9.17, 15) is 8.42 Å². The predicted molar refractivity (Wildman–Crippen MR) is 113 cm³/mol. The topological polar surface area (TPSA) is 83.0 Å². The van der Waals surface area contributed by atoms with Gasteiger partial charge in [-0.2, -0.15) is 0 Å². The molecule has 2 atom stereocenters. The summed E-state index contributed by atoms with van der Waals surface area (Å²) in [6.07, 6.45) is 7.52. The Hall–Kier alpha value is -0.860. The SMILES string of the molecule is CCCS(=O)(=O)N1CCC(NC(=NCC)NC2CC(OCC)C23CCC3)CC1. The summed E-state index contributed by atoms with van der Waals surface area (Å²) in [6.45, 7) is 8.74. The maximum Gasteiger partial charge on any atom is 0.214 e. The van der Waals surface area contributed by atoms with Crippen LogP contribution in [-0.2, 0) is 14.8 Å². The smallest absolute Gasteiger partial charge is 0.214 e. The average Bonchev–Trinajstić information content (AvgIpc) is 2.60. The van der Waals surface area contributed by atoms with E-state index in [2.05, 4.69) is 22.5 Å². The summed E-state index contributed by atoms with van der Waals surface area (Å²) in [5.74, 6) is 1.13. The molecule has 0 amide bonds. The summed E-state index contributed by atoms with van der Waals surface area (Å²) in [4.78, 5) is 4.65. The van der Waals surface area contributed by atoms with Crippen molar-refractivity contribution in [1.29, 1.82) is 0 Å².